The van der Waals surface area contributed by atoms with Crippen LogP contribution in [0.1, 0.15) is 38.8 Å². The lowest BCUT2D eigenvalue weighted by atomic mass is 9.78. The quantitative estimate of drug-likeness (QED) is 0.814. The first-order chi connectivity index (χ1) is 12.1. The molecule has 4 rings (SSSR count). The van der Waals surface area contributed by atoms with Crippen molar-refractivity contribution in [2.24, 2.45) is 5.73 Å². The summed E-state index contributed by atoms with van der Waals surface area (Å²) in [6.07, 6.45) is 0. The minimum atomic E-state index is -1.08. The van der Waals surface area contributed by atoms with Crippen LogP contribution in [0.2, 0.25) is 0 Å². The maximum Gasteiger partial charge on any atom is 0.494 e. The number of fused-ring (bicyclic) bond motifs is 1. The molecule has 0 spiro atoms. The second-order valence-corrected chi connectivity index (χ2v) is 8.17. The van der Waals surface area contributed by atoms with E-state index in [0.717, 1.165) is 28.0 Å². The minimum absolute atomic E-state index is 0.360. The number of nitrogens with one attached hydrogen (secondary N) is 1. The zero-order valence-corrected chi connectivity index (χ0v) is 15.9. The molecule has 0 aliphatic carbocycles. The standard InChI is InChI=1S/C20H25BN2O3/c1-13-6-11-17-16(12-13)23-20(22,24-17)14-7-9-15(10-8-14)21-25-18(2,3)19(4,5)26-21/h6-12,23H,22H2,1-5H3. The molecule has 0 aromatic heterocycles. The number of nitrogens with two attached hydrogens (primary N) is 1. The lowest BCUT2D eigenvalue weighted by molar-refractivity contribution is 0.00578. The summed E-state index contributed by atoms with van der Waals surface area (Å²) in [7, 11) is -0.389. The molecule has 26 heavy (non-hydrogen) atoms. The van der Waals surface area contributed by atoms with Crippen LogP contribution in [0.25, 0.3) is 0 Å². The van der Waals surface area contributed by atoms with Gasteiger partial charge >= 0.3 is 7.12 Å². The van der Waals surface area contributed by atoms with Crippen molar-refractivity contribution in [2.75, 3.05) is 5.32 Å². The van der Waals surface area contributed by atoms with Crippen molar-refractivity contribution < 1.29 is 14.0 Å². The van der Waals surface area contributed by atoms with Crippen molar-refractivity contribution >= 4 is 18.3 Å². The van der Waals surface area contributed by atoms with E-state index in [-0.39, 0.29) is 18.3 Å². The van der Waals surface area contributed by atoms with Crippen LogP contribution in [-0.4, -0.2) is 18.3 Å². The first-order valence-corrected chi connectivity index (χ1v) is 8.92. The molecule has 0 saturated carbocycles. The Morgan fingerprint density at radius 2 is 1.54 bits per heavy atom. The number of benzene rings is 2. The van der Waals surface area contributed by atoms with Crippen LogP contribution in [0, 0.1) is 6.92 Å². The van der Waals surface area contributed by atoms with Gasteiger partial charge in [-0.15, -0.1) is 0 Å². The smallest absolute Gasteiger partial charge is 0.448 e. The van der Waals surface area contributed by atoms with Gasteiger partial charge in [-0.05, 0) is 57.8 Å². The fraction of sp³-hybridized carbons (Fsp3) is 0.400. The highest BCUT2D eigenvalue weighted by molar-refractivity contribution is 6.62. The fourth-order valence-electron chi connectivity index (χ4n) is 3.23. The highest BCUT2D eigenvalue weighted by Gasteiger charge is 2.51. The van der Waals surface area contributed by atoms with Crippen molar-refractivity contribution in [1.29, 1.82) is 0 Å². The van der Waals surface area contributed by atoms with Crippen LogP contribution in [0.15, 0.2) is 42.5 Å². The average molecular weight is 352 g/mol. The Labute approximate surface area is 155 Å². The van der Waals surface area contributed by atoms with E-state index in [1.54, 1.807) is 0 Å². The van der Waals surface area contributed by atoms with E-state index in [4.69, 9.17) is 19.8 Å². The van der Waals surface area contributed by atoms with Crippen molar-refractivity contribution in [1.82, 2.24) is 0 Å². The van der Waals surface area contributed by atoms with Gasteiger partial charge in [0.15, 0.2) is 0 Å². The second kappa shape index (κ2) is 5.49. The van der Waals surface area contributed by atoms with Crippen molar-refractivity contribution in [3.63, 3.8) is 0 Å². The van der Waals surface area contributed by atoms with Crippen LogP contribution in [0.3, 0.4) is 0 Å². The van der Waals surface area contributed by atoms with Gasteiger partial charge in [0.1, 0.15) is 5.75 Å². The Hall–Kier alpha value is -2.02. The summed E-state index contributed by atoms with van der Waals surface area (Å²) >= 11 is 0. The fourth-order valence-corrected chi connectivity index (χ4v) is 3.23. The van der Waals surface area contributed by atoms with Crippen LogP contribution in [-0.2, 0) is 15.2 Å². The third-order valence-corrected chi connectivity index (χ3v) is 5.59. The highest BCUT2D eigenvalue weighted by Crippen LogP contribution is 2.40. The molecule has 1 unspecified atom stereocenters. The number of hydrogen-bond donors (Lipinski definition) is 2. The SMILES string of the molecule is Cc1ccc2c(c1)NC(N)(c1ccc(B3OC(C)(C)C(C)(C)O3)cc1)O2. The summed E-state index contributed by atoms with van der Waals surface area (Å²) in [4.78, 5) is 0. The van der Waals surface area contributed by atoms with E-state index in [1.807, 2.05) is 77.1 Å². The summed E-state index contributed by atoms with van der Waals surface area (Å²) in [6, 6.07) is 13.8. The molecule has 3 N–H and O–H groups in total. The molecule has 2 aromatic carbocycles. The second-order valence-electron chi connectivity index (χ2n) is 8.17. The largest absolute Gasteiger partial charge is 0.494 e. The molecule has 1 fully saturated rings. The lowest BCUT2D eigenvalue weighted by Crippen LogP contribution is -2.46. The summed E-state index contributed by atoms with van der Waals surface area (Å²) in [5, 5.41) is 3.28. The van der Waals surface area contributed by atoms with Crippen molar-refractivity contribution in [3.8, 4) is 5.75 Å². The molecule has 6 heteroatoms. The predicted molar refractivity (Wildman–Crippen MR) is 103 cm³/mol. The van der Waals surface area contributed by atoms with Crippen LogP contribution in [0.4, 0.5) is 5.69 Å². The van der Waals surface area contributed by atoms with E-state index in [0.29, 0.717) is 0 Å². The normalized spacial score (nSPS) is 25.5. The molecular formula is C20H25BN2O3. The summed E-state index contributed by atoms with van der Waals surface area (Å²) in [6.45, 7) is 10.2. The van der Waals surface area contributed by atoms with Crippen LogP contribution >= 0.6 is 0 Å². The van der Waals surface area contributed by atoms with Gasteiger partial charge in [-0.3, -0.25) is 5.73 Å². The maximum atomic E-state index is 6.47. The molecule has 0 radical (unpaired) electrons. The molecule has 1 atom stereocenters. The number of anilines is 1. The molecule has 2 aliphatic heterocycles. The molecule has 136 valence electrons. The first kappa shape index (κ1) is 17.4. The maximum absolute atomic E-state index is 6.47. The summed E-state index contributed by atoms with van der Waals surface area (Å²) in [5.74, 6) is -0.321. The van der Waals surface area contributed by atoms with Gasteiger partial charge in [-0.1, -0.05) is 30.3 Å². The molecular weight excluding hydrogens is 327 g/mol. The van der Waals surface area contributed by atoms with Gasteiger partial charge < -0.3 is 19.4 Å². The van der Waals surface area contributed by atoms with Gasteiger partial charge in [0, 0.05) is 5.56 Å². The number of ether oxygens (including phenoxy) is 1. The van der Waals surface area contributed by atoms with Crippen LogP contribution < -0.4 is 21.3 Å². The van der Waals surface area contributed by atoms with E-state index < -0.39 is 5.85 Å². The number of rotatable bonds is 2. The van der Waals surface area contributed by atoms with E-state index in [9.17, 15) is 0 Å². The van der Waals surface area contributed by atoms with Crippen molar-refractivity contribution in [2.45, 2.75) is 51.7 Å². The molecule has 2 heterocycles. The van der Waals surface area contributed by atoms with Crippen molar-refractivity contribution in [3.05, 3.63) is 53.6 Å². The minimum Gasteiger partial charge on any atom is -0.448 e. The Morgan fingerprint density at radius 3 is 2.15 bits per heavy atom. The molecule has 0 amide bonds. The lowest BCUT2D eigenvalue weighted by Gasteiger charge is -2.32. The monoisotopic (exact) mass is 352 g/mol. The van der Waals surface area contributed by atoms with Gasteiger partial charge in [0.25, 0.3) is 5.85 Å². The summed E-state index contributed by atoms with van der Waals surface area (Å²) < 4.78 is 18.2. The third-order valence-electron chi connectivity index (χ3n) is 5.59. The molecule has 2 aromatic rings. The Morgan fingerprint density at radius 1 is 0.923 bits per heavy atom. The molecule has 2 aliphatic rings. The van der Waals surface area contributed by atoms with Gasteiger partial charge in [0.2, 0.25) is 0 Å². The first-order valence-electron chi connectivity index (χ1n) is 8.92. The average Bonchev–Trinajstić information content (AvgIpc) is 3.00. The Bertz CT molecular complexity index is 835. The van der Waals surface area contributed by atoms with Gasteiger partial charge in [-0.2, -0.15) is 0 Å². The molecule has 0 bridgehead atoms. The third kappa shape index (κ3) is 2.69. The zero-order valence-electron chi connectivity index (χ0n) is 15.9. The summed E-state index contributed by atoms with van der Waals surface area (Å²) in [5.41, 5.74) is 9.61. The Kier molecular flexibility index (Phi) is 3.67. The number of aryl methyl sites for hydroxylation is 1. The highest BCUT2D eigenvalue weighted by atomic mass is 16.7. The van der Waals surface area contributed by atoms with Crippen LogP contribution in [0.5, 0.6) is 5.75 Å². The van der Waals surface area contributed by atoms with Gasteiger partial charge in [-0.25, -0.2) is 0 Å². The number of hydrogen-bond acceptors (Lipinski definition) is 5. The molecule has 1 saturated heterocycles. The molecule has 5 nitrogen and oxygen atoms in total. The van der Waals surface area contributed by atoms with E-state index >= 15 is 0 Å². The van der Waals surface area contributed by atoms with E-state index in [1.165, 1.54) is 0 Å². The topological polar surface area (TPSA) is 65.7 Å². The Balaban J connectivity index is 1.56. The van der Waals surface area contributed by atoms with Gasteiger partial charge in [0.05, 0.1) is 16.9 Å². The zero-order chi connectivity index (χ0) is 18.7. The van der Waals surface area contributed by atoms with E-state index in [2.05, 4.69) is 5.32 Å². The predicted octanol–water partition coefficient (Wildman–Crippen LogP) is 2.87.